The van der Waals surface area contributed by atoms with E-state index in [-0.39, 0.29) is 5.02 Å². The molecular weight excluding hydrogens is 330 g/mol. The van der Waals surface area contributed by atoms with Crippen molar-refractivity contribution in [2.45, 2.75) is 44.8 Å². The highest BCUT2D eigenvalue weighted by Gasteiger charge is 2.62. The van der Waals surface area contributed by atoms with Gasteiger partial charge in [-0.05, 0) is 50.8 Å². The van der Waals surface area contributed by atoms with Crippen molar-refractivity contribution in [3.8, 4) is 6.07 Å². The second-order valence-corrected chi connectivity index (χ2v) is 6.56. The monoisotopic (exact) mass is 347 g/mol. The van der Waals surface area contributed by atoms with Gasteiger partial charge in [0.2, 0.25) is 0 Å². The fourth-order valence-electron chi connectivity index (χ4n) is 3.86. The highest BCUT2D eigenvalue weighted by Crippen LogP contribution is 2.44. The van der Waals surface area contributed by atoms with Crippen molar-refractivity contribution >= 4 is 29.2 Å². The van der Waals surface area contributed by atoms with Crippen LogP contribution in [0, 0.1) is 18.3 Å². The largest absolute Gasteiger partial charge is 0.390 e. The Labute approximate surface area is 145 Å². The first-order chi connectivity index (χ1) is 11.4. The molecule has 1 aromatic rings. The zero-order valence-electron chi connectivity index (χ0n) is 13.5. The zero-order valence-corrected chi connectivity index (χ0v) is 14.3. The average Bonchev–Trinajstić information content (AvgIpc) is 3.03. The van der Waals surface area contributed by atoms with Crippen LogP contribution in [0.3, 0.4) is 0 Å². The summed E-state index contributed by atoms with van der Waals surface area (Å²) in [5, 5.41) is 19.7. The summed E-state index contributed by atoms with van der Waals surface area (Å²) >= 11 is 6.19. The maximum absolute atomic E-state index is 13.1. The van der Waals surface area contributed by atoms with Crippen molar-refractivity contribution < 1.29 is 14.7 Å². The van der Waals surface area contributed by atoms with Gasteiger partial charge in [0.1, 0.15) is 11.6 Å². The number of amides is 3. The number of carbonyl (C=O) groups is 2. The molecule has 1 saturated heterocycles. The van der Waals surface area contributed by atoms with Crippen LogP contribution in [0.25, 0.3) is 0 Å². The van der Waals surface area contributed by atoms with E-state index in [1.54, 1.807) is 19.9 Å². The van der Waals surface area contributed by atoms with E-state index in [9.17, 15) is 14.7 Å². The number of nitrogens with zero attached hydrogens (tertiary/aromatic N) is 3. The van der Waals surface area contributed by atoms with Crippen molar-refractivity contribution in [3.05, 3.63) is 28.3 Å². The van der Waals surface area contributed by atoms with Crippen LogP contribution >= 0.6 is 11.6 Å². The van der Waals surface area contributed by atoms with Crippen molar-refractivity contribution in [2.24, 2.45) is 0 Å². The fourth-order valence-corrected chi connectivity index (χ4v) is 4.06. The third-order valence-corrected chi connectivity index (χ3v) is 5.59. The van der Waals surface area contributed by atoms with E-state index in [2.05, 4.69) is 0 Å². The molecule has 1 saturated carbocycles. The number of aliphatic hydroxyl groups excluding tert-OH is 1. The number of nitriles is 1. The summed E-state index contributed by atoms with van der Waals surface area (Å²) in [5.41, 5.74) is -0.0278. The first kappa shape index (κ1) is 16.7. The molecule has 0 unspecified atom stereocenters. The molecule has 3 amide bonds. The molecule has 0 aromatic heterocycles. The van der Waals surface area contributed by atoms with Crippen LogP contribution in [0.4, 0.5) is 10.5 Å². The summed E-state index contributed by atoms with van der Waals surface area (Å²) in [4.78, 5) is 28.6. The number of hydrogen-bond donors (Lipinski definition) is 1. The average molecular weight is 348 g/mol. The maximum atomic E-state index is 13.1. The summed E-state index contributed by atoms with van der Waals surface area (Å²) < 4.78 is 0. The van der Waals surface area contributed by atoms with Gasteiger partial charge < -0.3 is 10.0 Å². The van der Waals surface area contributed by atoms with Crippen LogP contribution in [0.15, 0.2) is 12.1 Å². The van der Waals surface area contributed by atoms with Gasteiger partial charge in [0.25, 0.3) is 5.91 Å². The molecule has 1 heterocycles. The minimum absolute atomic E-state index is 0.228. The second-order valence-electron chi connectivity index (χ2n) is 6.18. The summed E-state index contributed by atoms with van der Waals surface area (Å²) in [6.45, 7) is 3.80. The topological polar surface area (TPSA) is 84.6 Å². The highest BCUT2D eigenvalue weighted by atomic mass is 35.5. The first-order valence-electron chi connectivity index (χ1n) is 7.93. The molecule has 6 nitrogen and oxygen atoms in total. The van der Waals surface area contributed by atoms with E-state index in [0.29, 0.717) is 42.6 Å². The van der Waals surface area contributed by atoms with Crippen LogP contribution in [-0.2, 0) is 4.79 Å². The molecule has 2 fully saturated rings. The number of anilines is 1. The van der Waals surface area contributed by atoms with Crippen molar-refractivity contribution in [2.75, 3.05) is 11.4 Å². The quantitative estimate of drug-likeness (QED) is 0.833. The fraction of sp³-hybridized carbons (Fsp3) is 0.471. The summed E-state index contributed by atoms with van der Waals surface area (Å²) in [5.74, 6) is -0.414. The molecule has 0 radical (unpaired) electrons. The van der Waals surface area contributed by atoms with E-state index >= 15 is 0 Å². The lowest BCUT2D eigenvalue weighted by atomic mass is 9.93. The van der Waals surface area contributed by atoms with Gasteiger partial charge in [-0.3, -0.25) is 4.79 Å². The molecule has 2 atom stereocenters. The Morgan fingerprint density at radius 3 is 2.71 bits per heavy atom. The Morgan fingerprint density at radius 1 is 1.46 bits per heavy atom. The van der Waals surface area contributed by atoms with Gasteiger partial charge in [-0.15, -0.1) is 0 Å². The molecule has 126 valence electrons. The summed E-state index contributed by atoms with van der Waals surface area (Å²) in [6.07, 6.45) is 0.772. The van der Waals surface area contributed by atoms with E-state index in [1.165, 1.54) is 11.0 Å². The Balaban J connectivity index is 2.14. The third kappa shape index (κ3) is 1.98. The molecule has 1 spiro atoms. The normalized spacial score (nSPS) is 26.5. The van der Waals surface area contributed by atoms with Crippen molar-refractivity contribution in [3.63, 3.8) is 0 Å². The van der Waals surface area contributed by atoms with Crippen LogP contribution in [0.1, 0.15) is 37.3 Å². The van der Waals surface area contributed by atoms with E-state index in [4.69, 9.17) is 16.9 Å². The Hall–Kier alpha value is -2.10. The lowest BCUT2D eigenvalue weighted by Gasteiger charge is -2.33. The summed E-state index contributed by atoms with van der Waals surface area (Å²) in [6, 6.07) is 4.59. The molecule has 2 aliphatic rings. The zero-order chi connectivity index (χ0) is 17.6. The van der Waals surface area contributed by atoms with E-state index in [1.807, 2.05) is 6.07 Å². The van der Waals surface area contributed by atoms with Gasteiger partial charge in [-0.2, -0.15) is 5.26 Å². The first-order valence-corrected chi connectivity index (χ1v) is 8.31. The third-order valence-electron chi connectivity index (χ3n) is 5.10. The van der Waals surface area contributed by atoms with Gasteiger partial charge >= 0.3 is 6.03 Å². The Kier molecular flexibility index (Phi) is 4.02. The maximum Gasteiger partial charge on any atom is 0.332 e. The van der Waals surface area contributed by atoms with Gasteiger partial charge in [0.15, 0.2) is 0 Å². The highest BCUT2D eigenvalue weighted by molar-refractivity contribution is 6.33. The standard InChI is InChI=1S/C17H18ClN3O3/c1-3-20-16(24)21(15(23)17(20)8-4-5-13(17)22)12-7-6-11(9-19)14(18)10(12)2/h6-7,13,22H,3-5,8H2,1-2H3/t13-,17-/m0/s1. The molecule has 1 aliphatic carbocycles. The number of urea groups is 1. The van der Waals surface area contributed by atoms with E-state index in [0.717, 1.165) is 4.90 Å². The molecule has 1 aliphatic heterocycles. The Morgan fingerprint density at radius 2 is 2.17 bits per heavy atom. The predicted molar refractivity (Wildman–Crippen MR) is 88.8 cm³/mol. The number of rotatable bonds is 2. The molecule has 1 aromatic carbocycles. The van der Waals surface area contributed by atoms with Gasteiger partial charge in [0, 0.05) is 6.54 Å². The number of aliphatic hydroxyl groups is 1. The number of likely N-dealkylation sites (N-methyl/N-ethyl adjacent to an activating group) is 1. The number of hydrogen-bond acceptors (Lipinski definition) is 4. The van der Waals surface area contributed by atoms with E-state index < -0.39 is 23.6 Å². The minimum atomic E-state index is -1.18. The van der Waals surface area contributed by atoms with Gasteiger partial charge in [0.05, 0.1) is 22.4 Å². The van der Waals surface area contributed by atoms with Crippen molar-refractivity contribution in [1.29, 1.82) is 5.26 Å². The number of imide groups is 1. The Bertz CT molecular complexity index is 773. The SMILES string of the molecule is CCN1C(=O)N(c2ccc(C#N)c(Cl)c2C)C(=O)[C@@]12CCC[C@@H]2O. The van der Waals surface area contributed by atoms with Crippen molar-refractivity contribution in [1.82, 2.24) is 4.90 Å². The molecule has 0 bridgehead atoms. The molecular formula is C17H18ClN3O3. The molecule has 7 heteroatoms. The molecule has 1 N–H and O–H groups in total. The lowest BCUT2D eigenvalue weighted by molar-refractivity contribution is -0.129. The number of halogens is 1. The molecule has 3 rings (SSSR count). The van der Waals surface area contributed by atoms with Gasteiger partial charge in [-0.1, -0.05) is 11.6 Å². The van der Waals surface area contributed by atoms with Crippen LogP contribution < -0.4 is 4.90 Å². The van der Waals surface area contributed by atoms with Crippen LogP contribution in [0.2, 0.25) is 5.02 Å². The predicted octanol–water partition coefficient (Wildman–Crippen LogP) is 2.59. The van der Waals surface area contributed by atoms with Crippen LogP contribution in [0.5, 0.6) is 0 Å². The second kappa shape index (κ2) is 5.76. The smallest absolute Gasteiger partial charge is 0.332 e. The lowest BCUT2D eigenvalue weighted by Crippen LogP contribution is -2.55. The minimum Gasteiger partial charge on any atom is -0.390 e. The number of benzene rings is 1. The van der Waals surface area contributed by atoms with Gasteiger partial charge in [-0.25, -0.2) is 9.69 Å². The number of carbonyl (C=O) groups excluding carboxylic acids is 2. The van der Waals surface area contributed by atoms with Crippen LogP contribution in [-0.4, -0.2) is 40.1 Å². The summed E-state index contributed by atoms with van der Waals surface area (Å²) in [7, 11) is 0. The molecule has 24 heavy (non-hydrogen) atoms.